The zero-order valence-electron chi connectivity index (χ0n) is 20.9. The number of aromatic nitrogens is 1. The number of benzene rings is 2. The van der Waals surface area contributed by atoms with Gasteiger partial charge in [-0.15, -0.1) is 0 Å². The molecule has 4 rings (SSSR count). The first-order valence-corrected chi connectivity index (χ1v) is 16.1. The zero-order valence-corrected chi connectivity index (χ0v) is 24.3. The first kappa shape index (κ1) is 26.2. The molecule has 2 aromatic carbocycles. The van der Waals surface area contributed by atoms with Crippen molar-refractivity contribution in [3.63, 3.8) is 0 Å². The fourth-order valence-electron chi connectivity index (χ4n) is 4.30. The minimum absolute atomic E-state index is 0.264. The Kier molecular flexibility index (Phi) is 7.98. The van der Waals surface area contributed by atoms with E-state index in [1.54, 1.807) is 11.8 Å². The third kappa shape index (κ3) is 5.95. The summed E-state index contributed by atoms with van der Waals surface area (Å²) in [5.41, 5.74) is 7.39. The maximum absolute atomic E-state index is 11.2. The van der Waals surface area contributed by atoms with Gasteiger partial charge in [-0.05, 0) is 0 Å². The number of aryl methyl sites for hydroxylation is 4. The van der Waals surface area contributed by atoms with Crippen molar-refractivity contribution in [2.24, 2.45) is 0 Å². The SMILES string of the molecule is CCC(=Cc1[se]c2ccc(C)cc2[n+]1CC)C=C1Sc2cc(C)c(C)cc2N1CCCS(=O)(=O)[O-]. The van der Waals surface area contributed by atoms with E-state index in [-0.39, 0.29) is 20.3 Å². The summed E-state index contributed by atoms with van der Waals surface area (Å²) in [6, 6.07) is 11.1. The third-order valence-corrected chi connectivity index (χ3v) is 10.6. The number of hydrogen-bond donors (Lipinski definition) is 0. The van der Waals surface area contributed by atoms with Crippen molar-refractivity contribution in [2.45, 2.75) is 58.9 Å². The molecule has 3 aromatic rings. The van der Waals surface area contributed by atoms with Gasteiger partial charge in [0.2, 0.25) is 0 Å². The first-order valence-electron chi connectivity index (χ1n) is 11.9. The molecule has 1 aromatic heterocycles. The predicted molar refractivity (Wildman–Crippen MR) is 146 cm³/mol. The summed E-state index contributed by atoms with van der Waals surface area (Å²) < 4.78 is 38.9. The second-order valence-electron chi connectivity index (χ2n) is 8.98. The molecular formula is C27H32N2O3S2Se. The number of hydrogen-bond acceptors (Lipinski definition) is 5. The number of rotatable bonds is 8. The second kappa shape index (κ2) is 10.7. The maximum atomic E-state index is 11.2. The normalized spacial score (nSPS) is 15.4. The third-order valence-electron chi connectivity index (χ3n) is 6.35. The molecule has 0 unspecified atom stereocenters. The molecule has 0 bridgehead atoms. The van der Waals surface area contributed by atoms with Crippen LogP contribution in [0.25, 0.3) is 15.9 Å². The Labute approximate surface area is 219 Å². The van der Waals surface area contributed by atoms with Gasteiger partial charge in [-0.1, -0.05) is 0 Å². The molecule has 0 saturated heterocycles. The van der Waals surface area contributed by atoms with E-state index in [0.29, 0.717) is 13.0 Å². The van der Waals surface area contributed by atoms with Crippen LogP contribution in [0.3, 0.4) is 0 Å². The Hall–Kier alpha value is -1.83. The van der Waals surface area contributed by atoms with Gasteiger partial charge < -0.3 is 0 Å². The molecule has 0 spiro atoms. The average Bonchev–Trinajstić information content (AvgIpc) is 3.29. The molecule has 1 aliphatic heterocycles. The number of nitrogens with zero attached hydrogens (tertiary/aromatic N) is 2. The van der Waals surface area contributed by atoms with E-state index in [0.717, 1.165) is 23.7 Å². The van der Waals surface area contributed by atoms with E-state index in [9.17, 15) is 13.0 Å². The van der Waals surface area contributed by atoms with Crippen LogP contribution in [0.1, 0.15) is 47.9 Å². The van der Waals surface area contributed by atoms with Gasteiger partial charge in [-0.25, -0.2) is 0 Å². The van der Waals surface area contributed by atoms with Gasteiger partial charge >= 0.3 is 220 Å². The van der Waals surface area contributed by atoms with Gasteiger partial charge in [0.15, 0.2) is 0 Å². The van der Waals surface area contributed by atoms with Crippen LogP contribution in [0.2, 0.25) is 0 Å². The van der Waals surface area contributed by atoms with E-state index >= 15 is 0 Å². The van der Waals surface area contributed by atoms with Gasteiger partial charge in [0.1, 0.15) is 0 Å². The second-order valence-corrected chi connectivity index (χ2v) is 13.8. The minimum atomic E-state index is -4.23. The summed E-state index contributed by atoms with van der Waals surface area (Å²) in [6.45, 7) is 12.2. The molecule has 1 aliphatic rings. The van der Waals surface area contributed by atoms with Crippen LogP contribution in [-0.4, -0.2) is 39.8 Å². The van der Waals surface area contributed by atoms with Crippen LogP contribution in [0.4, 0.5) is 5.69 Å². The molecule has 2 heterocycles. The van der Waals surface area contributed by atoms with Crippen LogP contribution in [0, 0.1) is 20.8 Å². The average molecular weight is 576 g/mol. The number of anilines is 1. The van der Waals surface area contributed by atoms with Gasteiger partial charge in [0.25, 0.3) is 0 Å². The van der Waals surface area contributed by atoms with Crippen molar-refractivity contribution in [1.29, 1.82) is 0 Å². The molecule has 8 heteroatoms. The summed E-state index contributed by atoms with van der Waals surface area (Å²) in [5.74, 6) is -0.346. The van der Waals surface area contributed by atoms with Gasteiger partial charge in [-0.2, -0.15) is 0 Å². The molecule has 0 radical (unpaired) electrons. The van der Waals surface area contributed by atoms with Gasteiger partial charge in [-0.3, -0.25) is 0 Å². The fourth-order valence-corrected chi connectivity index (χ4v) is 8.51. The van der Waals surface area contributed by atoms with E-state index in [4.69, 9.17) is 0 Å². The van der Waals surface area contributed by atoms with Crippen molar-refractivity contribution in [3.8, 4) is 0 Å². The quantitative estimate of drug-likeness (QED) is 0.207. The van der Waals surface area contributed by atoms with Crippen LogP contribution >= 0.6 is 11.8 Å². The summed E-state index contributed by atoms with van der Waals surface area (Å²) in [7, 11) is -4.23. The van der Waals surface area contributed by atoms with Crippen LogP contribution in [0.15, 0.2) is 51.9 Å². The molecule has 0 saturated carbocycles. The molecule has 5 nitrogen and oxygen atoms in total. The standard InChI is InChI=1S/C27H32N2O3S2Se/c1-6-21(17-27-28(7-2)23-13-18(3)9-10-25(23)35-27)16-26-29(11-8-12-34(30,31)32)22-14-19(4)20(5)15-24(22)33-26/h9-10,13-17H,6-8,11-12H2,1-5H3. The Morgan fingerprint density at radius 3 is 2.57 bits per heavy atom. The van der Waals surface area contributed by atoms with Crippen LogP contribution < -0.4 is 9.47 Å². The molecule has 186 valence electrons. The summed E-state index contributed by atoms with van der Waals surface area (Å²) >= 11 is 1.99. The van der Waals surface area contributed by atoms with Crippen molar-refractivity contribution < 1.29 is 17.5 Å². The summed E-state index contributed by atoms with van der Waals surface area (Å²) in [4.78, 5) is 3.36. The van der Waals surface area contributed by atoms with Gasteiger partial charge in [0, 0.05) is 0 Å². The van der Waals surface area contributed by atoms with Crippen LogP contribution in [0.5, 0.6) is 0 Å². The van der Waals surface area contributed by atoms with E-state index < -0.39 is 10.1 Å². The van der Waals surface area contributed by atoms with Gasteiger partial charge in [0.05, 0.1) is 0 Å². The van der Waals surface area contributed by atoms with Crippen molar-refractivity contribution in [2.75, 3.05) is 17.2 Å². The molecule has 0 N–H and O–H groups in total. The summed E-state index contributed by atoms with van der Waals surface area (Å²) in [6.07, 6.45) is 5.78. The number of allylic oxidation sites excluding steroid dienone is 2. The number of thioether (sulfide) groups is 1. The molecule has 0 aliphatic carbocycles. The monoisotopic (exact) mass is 576 g/mol. The fraction of sp³-hybridized carbons (Fsp3) is 0.370. The van der Waals surface area contributed by atoms with E-state index in [2.05, 4.69) is 86.6 Å². The predicted octanol–water partition coefficient (Wildman–Crippen LogP) is 5.31. The summed E-state index contributed by atoms with van der Waals surface area (Å²) in [5, 5.41) is 1.09. The molecular weight excluding hydrogens is 543 g/mol. The van der Waals surface area contributed by atoms with Crippen molar-refractivity contribution >= 4 is 57.9 Å². The molecule has 0 amide bonds. The molecule has 0 atom stereocenters. The Balaban J connectivity index is 1.73. The number of fused-ring (bicyclic) bond motifs is 2. The van der Waals surface area contributed by atoms with E-state index in [1.165, 1.54) is 41.5 Å². The van der Waals surface area contributed by atoms with E-state index in [1.807, 2.05) is 0 Å². The van der Waals surface area contributed by atoms with Crippen molar-refractivity contribution in [3.05, 3.63) is 68.3 Å². The Morgan fingerprint density at radius 1 is 1.14 bits per heavy atom. The molecule has 35 heavy (non-hydrogen) atoms. The van der Waals surface area contributed by atoms with Crippen LogP contribution in [-0.2, 0) is 16.7 Å². The Morgan fingerprint density at radius 2 is 1.89 bits per heavy atom. The van der Waals surface area contributed by atoms with Crippen molar-refractivity contribution in [1.82, 2.24) is 0 Å². The Bertz CT molecular complexity index is 1440. The molecule has 0 fully saturated rings. The topological polar surface area (TPSA) is 64.3 Å². The first-order chi connectivity index (χ1) is 16.6. The zero-order chi connectivity index (χ0) is 25.3.